The lowest BCUT2D eigenvalue weighted by atomic mass is 10.5. The van der Waals surface area contributed by atoms with Crippen LogP contribution in [0.2, 0.25) is 0 Å². The van der Waals surface area contributed by atoms with Crippen molar-refractivity contribution in [1.29, 1.82) is 0 Å². The van der Waals surface area contributed by atoms with Crippen molar-refractivity contribution in [2.75, 3.05) is 20.3 Å². The van der Waals surface area contributed by atoms with Crippen molar-refractivity contribution in [2.24, 2.45) is 0 Å². The zero-order chi connectivity index (χ0) is 7.82. The summed E-state index contributed by atoms with van der Waals surface area (Å²) in [6, 6.07) is 0. The van der Waals surface area contributed by atoms with Crippen molar-refractivity contribution in [3.63, 3.8) is 0 Å². The van der Waals surface area contributed by atoms with Crippen LogP contribution >= 0.6 is 0 Å². The molecule has 10 heavy (non-hydrogen) atoms. The van der Waals surface area contributed by atoms with E-state index < -0.39 is 0 Å². The second-order valence-corrected chi connectivity index (χ2v) is 1.66. The third-order valence-electron chi connectivity index (χ3n) is 0.835. The summed E-state index contributed by atoms with van der Waals surface area (Å²) >= 11 is 0. The molecule has 0 heterocycles. The molecule has 0 radical (unpaired) electrons. The zero-order valence-electron chi connectivity index (χ0n) is 6.29. The number of hydrogen-bond acceptors (Lipinski definition) is 3. The average molecular weight is 144 g/mol. The number of rotatable bonds is 4. The molecule has 0 amide bonds. The van der Waals surface area contributed by atoms with Gasteiger partial charge in [-0.1, -0.05) is 6.08 Å². The second kappa shape index (κ2) is 6.29. The number of ether oxygens (including phenoxy) is 2. The van der Waals surface area contributed by atoms with Gasteiger partial charge < -0.3 is 9.47 Å². The molecule has 3 heteroatoms. The summed E-state index contributed by atoms with van der Waals surface area (Å²) in [6.07, 6.45) is 3.00. The predicted octanol–water partition coefficient (Wildman–Crippen LogP) is 0.752. The van der Waals surface area contributed by atoms with E-state index >= 15 is 0 Å². The molecular weight excluding hydrogens is 132 g/mol. The van der Waals surface area contributed by atoms with E-state index in [1.807, 2.05) is 0 Å². The number of methoxy groups -OCH3 is 1. The fraction of sp³-hybridized carbons (Fsp3) is 0.571. The molecule has 0 spiro atoms. The fourth-order valence-corrected chi connectivity index (χ4v) is 0.410. The molecule has 0 saturated heterocycles. The van der Waals surface area contributed by atoms with Gasteiger partial charge in [0.15, 0.2) is 0 Å². The Morgan fingerprint density at radius 3 is 2.70 bits per heavy atom. The SMILES string of the molecule is C/C=C\C(=O)OCCOC. The molecule has 0 aromatic heterocycles. The topological polar surface area (TPSA) is 35.5 Å². The Kier molecular flexibility index (Phi) is 5.77. The van der Waals surface area contributed by atoms with Gasteiger partial charge in [-0.05, 0) is 6.92 Å². The highest BCUT2D eigenvalue weighted by Gasteiger charge is 1.92. The van der Waals surface area contributed by atoms with Gasteiger partial charge in [-0.15, -0.1) is 0 Å². The van der Waals surface area contributed by atoms with Crippen LogP contribution in [0.15, 0.2) is 12.2 Å². The van der Waals surface area contributed by atoms with Crippen molar-refractivity contribution in [1.82, 2.24) is 0 Å². The number of allylic oxidation sites excluding steroid dienone is 1. The molecule has 0 aliphatic carbocycles. The maximum absolute atomic E-state index is 10.6. The monoisotopic (exact) mass is 144 g/mol. The first kappa shape index (κ1) is 9.17. The maximum atomic E-state index is 10.6. The van der Waals surface area contributed by atoms with Crippen LogP contribution in [0.1, 0.15) is 6.92 Å². The van der Waals surface area contributed by atoms with Gasteiger partial charge in [-0.25, -0.2) is 4.79 Å². The van der Waals surface area contributed by atoms with E-state index in [2.05, 4.69) is 9.47 Å². The second-order valence-electron chi connectivity index (χ2n) is 1.66. The molecule has 0 aliphatic heterocycles. The number of carbonyl (C=O) groups is 1. The Morgan fingerprint density at radius 2 is 2.20 bits per heavy atom. The van der Waals surface area contributed by atoms with Crippen LogP contribution in [-0.2, 0) is 14.3 Å². The first-order valence-electron chi connectivity index (χ1n) is 3.09. The Balaban J connectivity index is 3.22. The standard InChI is InChI=1S/C7H12O3/c1-3-4-7(8)10-6-5-9-2/h3-4H,5-6H2,1-2H3/b4-3-. The largest absolute Gasteiger partial charge is 0.460 e. The van der Waals surface area contributed by atoms with Gasteiger partial charge in [0.2, 0.25) is 0 Å². The van der Waals surface area contributed by atoms with Crippen molar-refractivity contribution in [3.8, 4) is 0 Å². The van der Waals surface area contributed by atoms with E-state index in [9.17, 15) is 4.79 Å². The van der Waals surface area contributed by atoms with Crippen LogP contribution in [0.3, 0.4) is 0 Å². The molecule has 0 N–H and O–H groups in total. The van der Waals surface area contributed by atoms with E-state index in [1.54, 1.807) is 20.1 Å². The smallest absolute Gasteiger partial charge is 0.330 e. The zero-order valence-corrected chi connectivity index (χ0v) is 6.29. The Morgan fingerprint density at radius 1 is 1.50 bits per heavy atom. The Labute approximate surface area is 60.6 Å². The summed E-state index contributed by atoms with van der Waals surface area (Å²) in [5, 5.41) is 0. The first-order valence-corrected chi connectivity index (χ1v) is 3.09. The number of carbonyl (C=O) groups excluding carboxylic acids is 1. The van der Waals surface area contributed by atoms with Gasteiger partial charge in [-0.2, -0.15) is 0 Å². The number of esters is 1. The molecule has 0 aliphatic rings. The van der Waals surface area contributed by atoms with E-state index in [1.165, 1.54) is 6.08 Å². The lowest BCUT2D eigenvalue weighted by Crippen LogP contribution is -2.06. The van der Waals surface area contributed by atoms with Crippen molar-refractivity contribution in [2.45, 2.75) is 6.92 Å². The van der Waals surface area contributed by atoms with Crippen molar-refractivity contribution in [3.05, 3.63) is 12.2 Å². The third-order valence-corrected chi connectivity index (χ3v) is 0.835. The van der Waals surface area contributed by atoms with Gasteiger partial charge >= 0.3 is 5.97 Å². The minimum absolute atomic E-state index is 0.319. The molecule has 0 aromatic carbocycles. The quantitative estimate of drug-likeness (QED) is 0.332. The van der Waals surface area contributed by atoms with Crippen molar-refractivity contribution >= 4 is 5.97 Å². The normalized spacial score (nSPS) is 10.2. The van der Waals surface area contributed by atoms with Gasteiger partial charge in [0, 0.05) is 13.2 Å². The molecule has 3 nitrogen and oxygen atoms in total. The van der Waals surface area contributed by atoms with E-state index in [-0.39, 0.29) is 5.97 Å². The van der Waals surface area contributed by atoms with Crippen LogP contribution in [0.4, 0.5) is 0 Å². The number of hydrogen-bond donors (Lipinski definition) is 0. The summed E-state index contributed by atoms with van der Waals surface area (Å²) in [5.41, 5.74) is 0. The van der Waals surface area contributed by atoms with E-state index in [0.29, 0.717) is 13.2 Å². The summed E-state index contributed by atoms with van der Waals surface area (Å²) in [4.78, 5) is 10.6. The summed E-state index contributed by atoms with van der Waals surface area (Å²) in [7, 11) is 1.56. The maximum Gasteiger partial charge on any atom is 0.330 e. The highest BCUT2D eigenvalue weighted by atomic mass is 16.6. The first-order chi connectivity index (χ1) is 4.81. The van der Waals surface area contributed by atoms with Crippen LogP contribution in [0.25, 0.3) is 0 Å². The van der Waals surface area contributed by atoms with Crippen LogP contribution in [0, 0.1) is 0 Å². The highest BCUT2D eigenvalue weighted by Crippen LogP contribution is 1.80. The van der Waals surface area contributed by atoms with E-state index in [0.717, 1.165) is 0 Å². The van der Waals surface area contributed by atoms with Gasteiger partial charge in [0.1, 0.15) is 6.61 Å². The molecule has 0 unspecified atom stereocenters. The minimum atomic E-state index is -0.320. The van der Waals surface area contributed by atoms with Crippen LogP contribution in [0.5, 0.6) is 0 Å². The molecular formula is C7H12O3. The minimum Gasteiger partial charge on any atom is -0.460 e. The van der Waals surface area contributed by atoms with Gasteiger partial charge in [0.05, 0.1) is 6.61 Å². The summed E-state index contributed by atoms with van der Waals surface area (Å²) in [6.45, 7) is 2.53. The van der Waals surface area contributed by atoms with Crippen LogP contribution < -0.4 is 0 Å². The molecule has 0 fully saturated rings. The molecule has 0 saturated carbocycles. The average Bonchev–Trinajstić information content (AvgIpc) is 1.89. The van der Waals surface area contributed by atoms with Gasteiger partial charge in [-0.3, -0.25) is 0 Å². The molecule has 0 aromatic rings. The predicted molar refractivity (Wildman–Crippen MR) is 37.6 cm³/mol. The lowest BCUT2D eigenvalue weighted by Gasteiger charge is -1.98. The van der Waals surface area contributed by atoms with Crippen molar-refractivity contribution < 1.29 is 14.3 Å². The Hall–Kier alpha value is -0.830. The molecule has 0 rings (SSSR count). The third kappa shape index (κ3) is 5.31. The highest BCUT2D eigenvalue weighted by molar-refractivity contribution is 5.81. The van der Waals surface area contributed by atoms with Gasteiger partial charge in [0.25, 0.3) is 0 Å². The molecule has 58 valence electrons. The lowest BCUT2D eigenvalue weighted by molar-refractivity contribution is -0.138. The summed E-state index contributed by atoms with van der Waals surface area (Å²) in [5.74, 6) is -0.320. The molecule has 0 atom stereocenters. The Bertz CT molecular complexity index is 118. The fourth-order valence-electron chi connectivity index (χ4n) is 0.410. The molecule has 0 bridgehead atoms. The summed E-state index contributed by atoms with van der Waals surface area (Å²) < 4.78 is 9.34. The van der Waals surface area contributed by atoms with Crippen LogP contribution in [-0.4, -0.2) is 26.3 Å². The van der Waals surface area contributed by atoms with E-state index in [4.69, 9.17) is 0 Å².